The molecule has 0 heterocycles. The molecule has 4 N–H and O–H groups in total. The third-order valence-electron chi connectivity index (χ3n) is 8.89. The van der Waals surface area contributed by atoms with Gasteiger partial charge in [0.05, 0.1) is 12.2 Å². The molecule has 0 spiro atoms. The number of unbranched alkanes of at least 4 members (excludes halogenated alkanes) is 2. The Morgan fingerprint density at radius 3 is 1.35 bits per heavy atom. The van der Waals surface area contributed by atoms with E-state index in [1.54, 1.807) is 0 Å². The minimum Gasteiger partial charge on any atom is -0.396 e. The summed E-state index contributed by atoms with van der Waals surface area (Å²) in [6, 6.07) is 0. The van der Waals surface area contributed by atoms with Gasteiger partial charge in [0.25, 0.3) is 0 Å². The Bertz CT molecular complexity index is 534. The molecular weight excluding hydrogens is 424 g/mol. The Labute approximate surface area is 210 Å². The lowest BCUT2D eigenvalue weighted by Crippen LogP contribution is -2.34. The second-order valence-electron chi connectivity index (χ2n) is 13.2. The van der Waals surface area contributed by atoms with Crippen molar-refractivity contribution in [3.05, 3.63) is 12.2 Å². The highest BCUT2D eigenvalue weighted by Gasteiger charge is 2.33. The van der Waals surface area contributed by atoms with Crippen molar-refractivity contribution in [2.75, 3.05) is 13.2 Å². The summed E-state index contributed by atoms with van der Waals surface area (Å²) < 4.78 is 0. The summed E-state index contributed by atoms with van der Waals surface area (Å²) in [4.78, 5) is 0. The van der Waals surface area contributed by atoms with Gasteiger partial charge in [-0.3, -0.25) is 0 Å². The monoisotopic (exact) mass is 480 g/mol. The van der Waals surface area contributed by atoms with Gasteiger partial charge >= 0.3 is 0 Å². The van der Waals surface area contributed by atoms with Gasteiger partial charge in [-0.05, 0) is 74.0 Å². The van der Waals surface area contributed by atoms with Crippen LogP contribution in [0.2, 0.25) is 0 Å². The lowest BCUT2D eigenvalue weighted by atomic mass is 9.73. The molecule has 0 aromatic heterocycles. The Morgan fingerprint density at radius 2 is 1.00 bits per heavy atom. The van der Waals surface area contributed by atoms with Crippen molar-refractivity contribution >= 4 is 0 Å². The van der Waals surface area contributed by atoms with Gasteiger partial charge in [-0.25, -0.2) is 0 Å². The molecule has 6 unspecified atom stereocenters. The molecule has 2 aliphatic carbocycles. The molecule has 4 nitrogen and oxygen atoms in total. The zero-order chi connectivity index (χ0) is 25.2. The first kappa shape index (κ1) is 29.8. The van der Waals surface area contributed by atoms with E-state index in [2.05, 4.69) is 39.8 Å². The summed E-state index contributed by atoms with van der Waals surface area (Å²) in [5.74, 6) is 1.21. The first-order valence-electron chi connectivity index (χ1n) is 14.3. The summed E-state index contributed by atoms with van der Waals surface area (Å²) in [6.07, 6.45) is 19.4. The summed E-state index contributed by atoms with van der Waals surface area (Å²) in [6.45, 7) is 8.94. The van der Waals surface area contributed by atoms with Crippen LogP contribution in [0.1, 0.15) is 118 Å². The maximum absolute atomic E-state index is 11.0. The van der Waals surface area contributed by atoms with E-state index in [1.807, 2.05) is 0 Å². The molecule has 0 aromatic carbocycles. The molecule has 2 aliphatic rings. The van der Waals surface area contributed by atoms with Crippen LogP contribution in [0.4, 0.5) is 0 Å². The highest BCUT2D eigenvalue weighted by molar-refractivity contribution is 5.02. The summed E-state index contributed by atoms with van der Waals surface area (Å²) in [7, 11) is 0. The van der Waals surface area contributed by atoms with Crippen LogP contribution < -0.4 is 0 Å². The number of hydrogen-bond acceptors (Lipinski definition) is 4. The second kappa shape index (κ2) is 14.4. The average Bonchev–Trinajstić information content (AvgIpc) is 2.81. The van der Waals surface area contributed by atoms with Crippen LogP contribution in [0.5, 0.6) is 0 Å². The van der Waals surface area contributed by atoms with E-state index in [0.717, 1.165) is 77.0 Å². The van der Waals surface area contributed by atoms with Crippen LogP contribution >= 0.6 is 0 Å². The molecule has 2 fully saturated rings. The van der Waals surface area contributed by atoms with Crippen LogP contribution in [-0.4, -0.2) is 45.8 Å². The van der Waals surface area contributed by atoms with Gasteiger partial charge in [0, 0.05) is 25.0 Å². The minimum atomic E-state index is -0.262. The van der Waals surface area contributed by atoms with E-state index in [1.165, 1.54) is 12.8 Å². The van der Waals surface area contributed by atoms with Crippen molar-refractivity contribution in [1.82, 2.24) is 0 Å². The third kappa shape index (κ3) is 9.91. The van der Waals surface area contributed by atoms with Crippen molar-refractivity contribution in [2.24, 2.45) is 34.5 Å². The fraction of sp³-hybridized carbons (Fsp3) is 0.933. The largest absolute Gasteiger partial charge is 0.396 e. The summed E-state index contributed by atoms with van der Waals surface area (Å²) >= 11 is 0. The Morgan fingerprint density at radius 1 is 0.618 bits per heavy atom. The second-order valence-corrected chi connectivity index (χ2v) is 13.2. The minimum absolute atomic E-state index is 0.00512. The number of rotatable bonds is 14. The summed E-state index contributed by atoms with van der Waals surface area (Å²) in [5, 5.41) is 41.0. The lowest BCUT2D eigenvalue weighted by Gasteiger charge is -2.36. The fourth-order valence-corrected chi connectivity index (χ4v) is 6.13. The first-order valence-corrected chi connectivity index (χ1v) is 14.3. The highest BCUT2D eigenvalue weighted by atomic mass is 16.3. The normalized spacial score (nSPS) is 31.3. The number of aliphatic hydroxyl groups is 4. The van der Waals surface area contributed by atoms with Gasteiger partial charge in [0.1, 0.15) is 0 Å². The van der Waals surface area contributed by atoms with Crippen molar-refractivity contribution in [3.63, 3.8) is 0 Å². The van der Waals surface area contributed by atoms with E-state index in [4.69, 9.17) is 0 Å². The van der Waals surface area contributed by atoms with Gasteiger partial charge in [0.15, 0.2) is 0 Å². The standard InChI is InChI=1S/C30H56O4/c1-29(2,21-31)19-7-5-11-23-13-9-15-25(27(23)33)17-18-26-16-10-14-24(28(26)34)12-6-8-20-30(3,4)22-32/h17-18,23-28,31-34H,5-16,19-22H2,1-4H3/b18-17-. The van der Waals surface area contributed by atoms with E-state index in [0.29, 0.717) is 11.8 Å². The van der Waals surface area contributed by atoms with E-state index < -0.39 is 0 Å². The maximum Gasteiger partial charge on any atom is 0.0630 e. The van der Waals surface area contributed by atoms with Gasteiger partial charge in [-0.15, -0.1) is 0 Å². The Balaban J connectivity index is 1.78. The van der Waals surface area contributed by atoms with Gasteiger partial charge in [-0.1, -0.05) is 78.4 Å². The van der Waals surface area contributed by atoms with Crippen molar-refractivity contribution in [1.29, 1.82) is 0 Å². The van der Waals surface area contributed by atoms with Crippen molar-refractivity contribution < 1.29 is 20.4 Å². The molecule has 0 aromatic rings. The molecule has 34 heavy (non-hydrogen) atoms. The van der Waals surface area contributed by atoms with Crippen LogP contribution in [0, 0.1) is 34.5 Å². The smallest absolute Gasteiger partial charge is 0.0630 e. The maximum atomic E-state index is 11.0. The van der Waals surface area contributed by atoms with Crippen molar-refractivity contribution in [3.8, 4) is 0 Å². The molecular formula is C30H56O4. The van der Waals surface area contributed by atoms with Crippen molar-refractivity contribution in [2.45, 2.75) is 130 Å². The molecule has 0 bridgehead atoms. The molecule has 0 radical (unpaired) electrons. The predicted molar refractivity (Wildman–Crippen MR) is 141 cm³/mol. The zero-order valence-electron chi connectivity index (χ0n) is 22.7. The molecule has 6 atom stereocenters. The molecule has 2 rings (SSSR count). The lowest BCUT2D eigenvalue weighted by molar-refractivity contribution is 0.0247. The van der Waals surface area contributed by atoms with Crippen LogP contribution in [0.3, 0.4) is 0 Å². The van der Waals surface area contributed by atoms with E-state index in [-0.39, 0.29) is 48.1 Å². The zero-order valence-corrected chi connectivity index (χ0v) is 22.7. The Kier molecular flexibility index (Phi) is 12.6. The SMILES string of the molecule is CC(C)(CO)CCCCC1CCCC(/C=C\C2CCCC(CCCCC(C)(C)CO)C2O)C1O. The predicted octanol–water partition coefficient (Wildman–Crippen LogP) is 6.25. The molecule has 0 aliphatic heterocycles. The quantitative estimate of drug-likeness (QED) is 0.175. The van der Waals surface area contributed by atoms with Gasteiger partial charge < -0.3 is 20.4 Å². The van der Waals surface area contributed by atoms with Gasteiger partial charge in [0.2, 0.25) is 0 Å². The molecule has 0 amide bonds. The van der Waals surface area contributed by atoms with Crippen LogP contribution in [-0.2, 0) is 0 Å². The van der Waals surface area contributed by atoms with E-state index in [9.17, 15) is 20.4 Å². The van der Waals surface area contributed by atoms with E-state index >= 15 is 0 Å². The molecule has 200 valence electrons. The average molecular weight is 481 g/mol. The topological polar surface area (TPSA) is 80.9 Å². The molecule has 2 saturated carbocycles. The Hall–Kier alpha value is -0.420. The molecule has 4 heteroatoms. The number of aliphatic hydroxyl groups excluding tert-OH is 4. The third-order valence-corrected chi connectivity index (χ3v) is 8.89. The van der Waals surface area contributed by atoms with Gasteiger partial charge in [-0.2, -0.15) is 0 Å². The highest BCUT2D eigenvalue weighted by Crippen LogP contribution is 2.37. The first-order chi connectivity index (χ1) is 16.1. The van der Waals surface area contributed by atoms with Crippen LogP contribution in [0.25, 0.3) is 0 Å². The fourth-order valence-electron chi connectivity index (χ4n) is 6.13. The molecule has 0 saturated heterocycles. The number of hydrogen-bond donors (Lipinski definition) is 4. The summed E-state index contributed by atoms with van der Waals surface area (Å²) in [5.41, 5.74) is 0.0102. The van der Waals surface area contributed by atoms with Crippen LogP contribution in [0.15, 0.2) is 12.2 Å².